The predicted octanol–water partition coefficient (Wildman–Crippen LogP) is 0.829. The van der Waals surface area contributed by atoms with Crippen LogP contribution >= 0.6 is 0 Å². The molecule has 3 rings (SSSR count). The molecule has 2 aliphatic rings. The summed E-state index contributed by atoms with van der Waals surface area (Å²) in [5, 5.41) is 12.2. The lowest BCUT2D eigenvalue weighted by atomic mass is 9.78. The van der Waals surface area contributed by atoms with Gasteiger partial charge in [0.1, 0.15) is 5.75 Å². The molecule has 2 saturated heterocycles. The standard InChI is InChI=1S/C17H22N2O6S/c1-2-25-12-3-5-13(6-4-12)26(23,24)19-9-7-17(8-10-19)14(16(21)22)11-15(20)18-17/h3-6,14H,2,7-11H2,1H3,(H,18,20)(H,21,22). The zero-order valence-electron chi connectivity index (χ0n) is 14.5. The number of amides is 1. The number of carbonyl (C=O) groups excluding carboxylic acids is 1. The molecule has 2 heterocycles. The third kappa shape index (κ3) is 3.28. The average Bonchev–Trinajstić information content (AvgIpc) is 2.92. The molecule has 142 valence electrons. The molecule has 2 aliphatic heterocycles. The van der Waals surface area contributed by atoms with Crippen LogP contribution in [-0.2, 0) is 19.6 Å². The first-order valence-corrected chi connectivity index (χ1v) is 9.99. The first-order chi connectivity index (χ1) is 12.3. The molecule has 0 aliphatic carbocycles. The van der Waals surface area contributed by atoms with Crippen LogP contribution in [-0.4, -0.2) is 54.9 Å². The summed E-state index contributed by atoms with van der Waals surface area (Å²) in [6.07, 6.45) is 0.513. The number of carbonyl (C=O) groups is 2. The van der Waals surface area contributed by atoms with Gasteiger partial charge in [-0.15, -0.1) is 0 Å². The van der Waals surface area contributed by atoms with E-state index in [-0.39, 0.29) is 43.2 Å². The average molecular weight is 382 g/mol. The molecular formula is C17H22N2O6S. The lowest BCUT2D eigenvalue weighted by Gasteiger charge is -2.40. The van der Waals surface area contributed by atoms with E-state index >= 15 is 0 Å². The Balaban J connectivity index is 1.74. The number of benzene rings is 1. The Morgan fingerprint density at radius 1 is 1.31 bits per heavy atom. The second-order valence-electron chi connectivity index (χ2n) is 6.61. The van der Waals surface area contributed by atoms with Crippen LogP contribution in [0.4, 0.5) is 0 Å². The molecule has 1 spiro atoms. The molecule has 1 atom stereocenters. The maximum absolute atomic E-state index is 12.8. The molecule has 0 radical (unpaired) electrons. The van der Waals surface area contributed by atoms with Crippen molar-refractivity contribution in [3.05, 3.63) is 24.3 Å². The molecule has 26 heavy (non-hydrogen) atoms. The first kappa shape index (κ1) is 18.7. The number of carboxylic acid groups (broad SMARTS) is 1. The number of carboxylic acids is 1. The number of hydrogen-bond acceptors (Lipinski definition) is 5. The van der Waals surface area contributed by atoms with E-state index in [9.17, 15) is 23.1 Å². The van der Waals surface area contributed by atoms with Crippen LogP contribution in [0.15, 0.2) is 29.2 Å². The number of nitrogens with one attached hydrogen (secondary N) is 1. The van der Waals surface area contributed by atoms with Gasteiger partial charge in [-0.2, -0.15) is 4.31 Å². The Morgan fingerprint density at radius 3 is 2.46 bits per heavy atom. The number of nitrogens with zero attached hydrogens (tertiary/aromatic N) is 1. The molecule has 8 nitrogen and oxygen atoms in total. The minimum Gasteiger partial charge on any atom is -0.494 e. The number of aliphatic carboxylic acids is 1. The summed E-state index contributed by atoms with van der Waals surface area (Å²) < 4.78 is 32.3. The van der Waals surface area contributed by atoms with E-state index in [0.717, 1.165) is 0 Å². The van der Waals surface area contributed by atoms with E-state index in [2.05, 4.69) is 5.32 Å². The van der Waals surface area contributed by atoms with E-state index in [0.29, 0.717) is 12.4 Å². The largest absolute Gasteiger partial charge is 0.494 e. The zero-order valence-corrected chi connectivity index (χ0v) is 15.3. The van der Waals surface area contributed by atoms with E-state index in [1.54, 1.807) is 12.1 Å². The highest BCUT2D eigenvalue weighted by atomic mass is 32.2. The Labute approximate surface area is 152 Å². The first-order valence-electron chi connectivity index (χ1n) is 8.55. The second kappa shape index (κ2) is 6.88. The Hall–Kier alpha value is -2.13. The van der Waals surface area contributed by atoms with Gasteiger partial charge in [-0.05, 0) is 44.0 Å². The highest BCUT2D eigenvalue weighted by molar-refractivity contribution is 7.89. The number of rotatable bonds is 5. The fourth-order valence-electron chi connectivity index (χ4n) is 3.74. The van der Waals surface area contributed by atoms with Crippen molar-refractivity contribution in [2.24, 2.45) is 5.92 Å². The highest BCUT2D eigenvalue weighted by Crippen LogP contribution is 2.38. The molecule has 2 N–H and O–H groups in total. The van der Waals surface area contributed by atoms with Crippen molar-refractivity contribution in [3.63, 3.8) is 0 Å². The van der Waals surface area contributed by atoms with Gasteiger partial charge in [0.25, 0.3) is 0 Å². The number of piperidine rings is 1. The van der Waals surface area contributed by atoms with Gasteiger partial charge in [-0.3, -0.25) is 9.59 Å². The summed E-state index contributed by atoms with van der Waals surface area (Å²) in [6.45, 7) is 2.68. The second-order valence-corrected chi connectivity index (χ2v) is 8.55. The minimum absolute atomic E-state index is 0.0546. The lowest BCUT2D eigenvalue weighted by Crippen LogP contribution is -2.56. The van der Waals surface area contributed by atoms with Crippen LogP contribution in [0.5, 0.6) is 5.75 Å². The van der Waals surface area contributed by atoms with Crippen molar-refractivity contribution in [2.45, 2.75) is 36.6 Å². The van der Waals surface area contributed by atoms with Crippen LogP contribution in [0.25, 0.3) is 0 Å². The predicted molar refractivity (Wildman–Crippen MR) is 92.2 cm³/mol. The highest BCUT2D eigenvalue weighted by Gasteiger charge is 2.52. The van der Waals surface area contributed by atoms with E-state index in [1.165, 1.54) is 16.4 Å². The maximum atomic E-state index is 12.8. The van der Waals surface area contributed by atoms with E-state index in [1.807, 2.05) is 6.92 Å². The third-order valence-corrected chi connectivity index (χ3v) is 7.04. The van der Waals surface area contributed by atoms with Crippen LogP contribution in [0.3, 0.4) is 0 Å². The van der Waals surface area contributed by atoms with Crippen molar-refractivity contribution >= 4 is 21.9 Å². The van der Waals surface area contributed by atoms with E-state index in [4.69, 9.17) is 4.74 Å². The third-order valence-electron chi connectivity index (χ3n) is 5.13. The van der Waals surface area contributed by atoms with Crippen LogP contribution in [0, 0.1) is 5.92 Å². The lowest BCUT2D eigenvalue weighted by molar-refractivity contribution is -0.144. The van der Waals surface area contributed by atoms with Crippen molar-refractivity contribution < 1.29 is 27.9 Å². The summed E-state index contributed by atoms with van der Waals surface area (Å²) in [5.74, 6) is -1.53. The molecule has 1 aromatic rings. The molecule has 1 amide bonds. The minimum atomic E-state index is -3.67. The molecular weight excluding hydrogens is 360 g/mol. The van der Waals surface area contributed by atoms with Crippen LogP contribution < -0.4 is 10.1 Å². The molecule has 2 fully saturated rings. The van der Waals surface area contributed by atoms with Gasteiger partial charge in [0, 0.05) is 19.5 Å². The van der Waals surface area contributed by atoms with Gasteiger partial charge in [0.15, 0.2) is 0 Å². The summed E-state index contributed by atoms with van der Waals surface area (Å²) in [7, 11) is -3.67. The van der Waals surface area contributed by atoms with Gasteiger partial charge in [0.2, 0.25) is 15.9 Å². The van der Waals surface area contributed by atoms with Gasteiger partial charge in [-0.1, -0.05) is 0 Å². The van der Waals surface area contributed by atoms with Crippen molar-refractivity contribution in [1.82, 2.24) is 9.62 Å². The van der Waals surface area contributed by atoms with Gasteiger partial charge >= 0.3 is 5.97 Å². The number of sulfonamides is 1. The molecule has 9 heteroatoms. The Morgan fingerprint density at radius 2 is 1.92 bits per heavy atom. The quantitative estimate of drug-likeness (QED) is 0.780. The number of hydrogen-bond donors (Lipinski definition) is 2. The molecule has 0 aromatic heterocycles. The summed E-state index contributed by atoms with van der Waals surface area (Å²) >= 11 is 0. The molecule has 1 unspecified atom stereocenters. The fourth-order valence-corrected chi connectivity index (χ4v) is 5.18. The smallest absolute Gasteiger partial charge is 0.309 e. The molecule has 1 aromatic carbocycles. The van der Waals surface area contributed by atoms with Gasteiger partial charge in [-0.25, -0.2) is 8.42 Å². The topological polar surface area (TPSA) is 113 Å². The Bertz CT molecular complexity index is 797. The summed E-state index contributed by atoms with van der Waals surface area (Å²) in [4.78, 5) is 23.3. The molecule has 0 saturated carbocycles. The van der Waals surface area contributed by atoms with E-state index < -0.39 is 27.4 Å². The Kier molecular flexibility index (Phi) is 4.94. The van der Waals surface area contributed by atoms with Crippen LogP contribution in [0.1, 0.15) is 26.2 Å². The SMILES string of the molecule is CCOc1ccc(S(=O)(=O)N2CCC3(CC2)NC(=O)CC3C(=O)O)cc1. The summed E-state index contributed by atoms with van der Waals surface area (Å²) in [5.41, 5.74) is -0.853. The van der Waals surface area contributed by atoms with Crippen molar-refractivity contribution in [2.75, 3.05) is 19.7 Å². The van der Waals surface area contributed by atoms with Crippen LogP contribution in [0.2, 0.25) is 0 Å². The molecule has 0 bridgehead atoms. The zero-order chi connectivity index (χ0) is 18.9. The number of ether oxygens (including phenoxy) is 1. The van der Waals surface area contributed by atoms with Crippen molar-refractivity contribution in [1.29, 1.82) is 0 Å². The van der Waals surface area contributed by atoms with Gasteiger partial charge < -0.3 is 15.2 Å². The monoisotopic (exact) mass is 382 g/mol. The van der Waals surface area contributed by atoms with Gasteiger partial charge in [0.05, 0.1) is 23.0 Å². The maximum Gasteiger partial charge on any atom is 0.309 e. The summed E-state index contributed by atoms with van der Waals surface area (Å²) in [6, 6.07) is 6.23. The van der Waals surface area contributed by atoms with Crippen molar-refractivity contribution in [3.8, 4) is 5.75 Å². The fraction of sp³-hybridized carbons (Fsp3) is 0.529. The normalized spacial score (nSPS) is 23.0.